The van der Waals surface area contributed by atoms with Crippen LogP contribution in [0.25, 0.3) is 11.3 Å². The zero-order chi connectivity index (χ0) is 11.7. The van der Waals surface area contributed by atoms with Crippen LogP contribution in [0.2, 0.25) is 0 Å². The number of hydrogen-bond acceptors (Lipinski definition) is 3. The molecular formula is C14H16N2O. The monoisotopic (exact) mass is 228 g/mol. The van der Waals surface area contributed by atoms with Crippen molar-refractivity contribution in [2.75, 3.05) is 5.32 Å². The van der Waals surface area contributed by atoms with Gasteiger partial charge in [0.2, 0.25) is 0 Å². The number of nitrogens with one attached hydrogen (secondary N) is 1. The summed E-state index contributed by atoms with van der Waals surface area (Å²) < 4.78 is 5.21. The van der Waals surface area contributed by atoms with E-state index in [0.29, 0.717) is 11.9 Å². The van der Waals surface area contributed by atoms with Gasteiger partial charge in [-0.15, -0.1) is 0 Å². The topological polar surface area (TPSA) is 38.1 Å². The largest absolute Gasteiger partial charge is 0.449 e. The lowest BCUT2D eigenvalue weighted by Gasteiger charge is -2.27. The van der Waals surface area contributed by atoms with Gasteiger partial charge in [-0.3, -0.25) is 0 Å². The highest BCUT2D eigenvalue weighted by Gasteiger charge is 2.16. The van der Waals surface area contributed by atoms with Gasteiger partial charge in [0.25, 0.3) is 0 Å². The van der Waals surface area contributed by atoms with Gasteiger partial charge in [0, 0.05) is 24.2 Å². The molecule has 0 saturated heterocycles. The molecule has 1 N–H and O–H groups in total. The summed E-state index contributed by atoms with van der Waals surface area (Å²) in [7, 11) is 0. The molecule has 88 valence electrons. The molecule has 0 spiro atoms. The second-order valence-corrected chi connectivity index (χ2v) is 4.60. The van der Waals surface area contributed by atoms with E-state index in [2.05, 4.69) is 34.6 Å². The molecule has 1 aromatic heterocycles. The van der Waals surface area contributed by atoms with Crippen molar-refractivity contribution in [1.82, 2.24) is 4.98 Å². The van der Waals surface area contributed by atoms with Gasteiger partial charge in [-0.1, -0.05) is 12.1 Å². The predicted octanol–water partition coefficient (Wildman–Crippen LogP) is 3.61. The summed E-state index contributed by atoms with van der Waals surface area (Å²) in [6, 6.07) is 9.06. The minimum Gasteiger partial charge on any atom is -0.449 e. The summed E-state index contributed by atoms with van der Waals surface area (Å²) in [6.45, 7) is 1.86. The zero-order valence-electron chi connectivity index (χ0n) is 9.94. The van der Waals surface area contributed by atoms with Crippen LogP contribution in [0.5, 0.6) is 0 Å². The molecule has 1 aromatic carbocycles. The maximum absolute atomic E-state index is 5.21. The molecule has 0 bridgehead atoms. The summed E-state index contributed by atoms with van der Waals surface area (Å²) in [5.74, 6) is 0.705. The van der Waals surface area contributed by atoms with Crippen LogP contribution in [0.4, 0.5) is 5.69 Å². The van der Waals surface area contributed by atoms with Crippen LogP contribution in [0.1, 0.15) is 25.2 Å². The summed E-state index contributed by atoms with van der Waals surface area (Å²) in [5, 5.41) is 3.52. The van der Waals surface area contributed by atoms with E-state index in [1.165, 1.54) is 24.9 Å². The van der Waals surface area contributed by atoms with Crippen LogP contribution in [-0.4, -0.2) is 11.0 Å². The molecule has 0 atom stereocenters. The van der Waals surface area contributed by atoms with E-state index in [4.69, 9.17) is 4.42 Å². The molecule has 0 amide bonds. The van der Waals surface area contributed by atoms with Gasteiger partial charge in [-0.05, 0) is 31.4 Å². The fourth-order valence-corrected chi connectivity index (χ4v) is 2.02. The van der Waals surface area contributed by atoms with Gasteiger partial charge >= 0.3 is 0 Å². The van der Waals surface area contributed by atoms with Crippen LogP contribution in [-0.2, 0) is 0 Å². The molecule has 0 aliphatic heterocycles. The number of aromatic nitrogens is 1. The van der Waals surface area contributed by atoms with Crippen molar-refractivity contribution < 1.29 is 4.42 Å². The summed E-state index contributed by atoms with van der Waals surface area (Å²) in [5.41, 5.74) is 3.19. The highest BCUT2D eigenvalue weighted by atomic mass is 16.3. The van der Waals surface area contributed by atoms with Crippen LogP contribution >= 0.6 is 0 Å². The first-order valence-electron chi connectivity index (χ1n) is 6.10. The second kappa shape index (κ2) is 4.24. The fraction of sp³-hybridized carbons (Fsp3) is 0.357. The Labute approximate surface area is 101 Å². The van der Waals surface area contributed by atoms with E-state index in [1.54, 1.807) is 6.26 Å². The minimum atomic E-state index is 0.676. The average molecular weight is 228 g/mol. The summed E-state index contributed by atoms with van der Waals surface area (Å²) in [4.78, 5) is 4.31. The Hall–Kier alpha value is -1.77. The van der Waals surface area contributed by atoms with Crippen LogP contribution in [0, 0.1) is 6.92 Å². The van der Waals surface area contributed by atoms with Gasteiger partial charge < -0.3 is 9.73 Å². The maximum Gasteiger partial charge on any atom is 0.191 e. The maximum atomic E-state index is 5.21. The molecule has 1 aliphatic rings. The number of nitrogens with zero attached hydrogens (tertiary/aromatic N) is 1. The van der Waals surface area contributed by atoms with Gasteiger partial charge in [0.15, 0.2) is 5.89 Å². The Balaban J connectivity index is 1.75. The molecule has 1 fully saturated rings. The SMILES string of the molecule is Cc1nc(-c2ccc(NC3CCC3)cc2)co1. The first kappa shape index (κ1) is 10.4. The zero-order valence-corrected chi connectivity index (χ0v) is 9.94. The van der Waals surface area contributed by atoms with Crippen LogP contribution in [0.15, 0.2) is 34.9 Å². The lowest BCUT2D eigenvalue weighted by molar-refractivity contribution is 0.445. The van der Waals surface area contributed by atoms with E-state index in [-0.39, 0.29) is 0 Å². The number of anilines is 1. The predicted molar refractivity (Wildman–Crippen MR) is 67.9 cm³/mol. The molecular weight excluding hydrogens is 212 g/mol. The lowest BCUT2D eigenvalue weighted by Crippen LogP contribution is -2.26. The van der Waals surface area contributed by atoms with E-state index < -0.39 is 0 Å². The Morgan fingerprint density at radius 3 is 2.53 bits per heavy atom. The first-order chi connectivity index (χ1) is 8.31. The van der Waals surface area contributed by atoms with Crippen molar-refractivity contribution in [2.24, 2.45) is 0 Å². The van der Waals surface area contributed by atoms with Crippen molar-refractivity contribution in [3.63, 3.8) is 0 Å². The van der Waals surface area contributed by atoms with E-state index >= 15 is 0 Å². The Bertz CT molecular complexity index is 497. The molecule has 3 heteroatoms. The molecule has 2 aromatic rings. The molecule has 3 rings (SSSR count). The lowest BCUT2D eigenvalue weighted by atomic mass is 9.93. The number of benzene rings is 1. The number of hydrogen-bond donors (Lipinski definition) is 1. The van der Waals surface area contributed by atoms with E-state index in [9.17, 15) is 0 Å². The molecule has 1 saturated carbocycles. The third-order valence-electron chi connectivity index (χ3n) is 3.28. The third kappa shape index (κ3) is 2.18. The number of aryl methyl sites for hydroxylation is 1. The molecule has 3 nitrogen and oxygen atoms in total. The Kier molecular flexibility index (Phi) is 2.59. The van der Waals surface area contributed by atoms with Crippen molar-refractivity contribution in [1.29, 1.82) is 0 Å². The molecule has 0 unspecified atom stereocenters. The third-order valence-corrected chi connectivity index (χ3v) is 3.28. The minimum absolute atomic E-state index is 0.676. The molecule has 0 radical (unpaired) electrons. The smallest absolute Gasteiger partial charge is 0.191 e. The molecule has 17 heavy (non-hydrogen) atoms. The quantitative estimate of drug-likeness (QED) is 0.872. The second-order valence-electron chi connectivity index (χ2n) is 4.60. The standard InChI is InChI=1S/C14H16N2O/c1-10-15-14(9-17-10)11-5-7-13(8-6-11)16-12-3-2-4-12/h5-9,12,16H,2-4H2,1H3. The number of oxazole rings is 1. The first-order valence-corrected chi connectivity index (χ1v) is 6.10. The summed E-state index contributed by atoms with van der Waals surface area (Å²) >= 11 is 0. The fourth-order valence-electron chi connectivity index (χ4n) is 2.02. The van der Waals surface area contributed by atoms with Gasteiger partial charge in [0.05, 0.1) is 0 Å². The Morgan fingerprint density at radius 2 is 2.00 bits per heavy atom. The Morgan fingerprint density at radius 1 is 1.24 bits per heavy atom. The van der Waals surface area contributed by atoms with Crippen LogP contribution < -0.4 is 5.32 Å². The summed E-state index contributed by atoms with van der Waals surface area (Å²) in [6.07, 6.45) is 5.64. The van der Waals surface area contributed by atoms with Crippen molar-refractivity contribution in [2.45, 2.75) is 32.2 Å². The molecule has 1 aliphatic carbocycles. The van der Waals surface area contributed by atoms with E-state index in [1.807, 2.05) is 6.92 Å². The highest BCUT2D eigenvalue weighted by molar-refractivity contribution is 5.62. The van der Waals surface area contributed by atoms with Crippen LogP contribution in [0.3, 0.4) is 0 Å². The molecule has 1 heterocycles. The van der Waals surface area contributed by atoms with Crippen molar-refractivity contribution >= 4 is 5.69 Å². The average Bonchev–Trinajstić information content (AvgIpc) is 2.71. The van der Waals surface area contributed by atoms with Crippen molar-refractivity contribution in [3.05, 3.63) is 36.4 Å². The van der Waals surface area contributed by atoms with Gasteiger partial charge in [0.1, 0.15) is 12.0 Å². The highest BCUT2D eigenvalue weighted by Crippen LogP contribution is 2.25. The van der Waals surface area contributed by atoms with Gasteiger partial charge in [-0.25, -0.2) is 4.98 Å². The number of rotatable bonds is 3. The van der Waals surface area contributed by atoms with E-state index in [0.717, 1.165) is 11.3 Å². The van der Waals surface area contributed by atoms with Crippen molar-refractivity contribution in [3.8, 4) is 11.3 Å². The van der Waals surface area contributed by atoms with Gasteiger partial charge in [-0.2, -0.15) is 0 Å². The normalized spacial score (nSPS) is 15.6.